The number of pyridine rings is 1. The molecule has 0 aliphatic carbocycles. The van der Waals surface area contributed by atoms with Crippen LogP contribution in [0.3, 0.4) is 0 Å². The van der Waals surface area contributed by atoms with E-state index in [2.05, 4.69) is 30.7 Å². The molecule has 0 amide bonds. The van der Waals surface area contributed by atoms with Gasteiger partial charge >= 0.3 is 0 Å². The van der Waals surface area contributed by atoms with Crippen molar-refractivity contribution in [1.82, 2.24) is 30.1 Å². The van der Waals surface area contributed by atoms with Crippen LogP contribution in [0.25, 0.3) is 5.65 Å². The second kappa shape index (κ2) is 9.09. The fourth-order valence-electron chi connectivity index (χ4n) is 2.74. The Bertz CT molecular complexity index is 888. The highest BCUT2D eigenvalue weighted by Crippen LogP contribution is 2.05. The highest BCUT2D eigenvalue weighted by atomic mass is 19.1. The summed E-state index contributed by atoms with van der Waals surface area (Å²) in [5.41, 5.74) is 1.90. The predicted molar refractivity (Wildman–Crippen MR) is 104 cm³/mol. The zero-order valence-electron chi connectivity index (χ0n) is 15.6. The summed E-state index contributed by atoms with van der Waals surface area (Å²) in [5.74, 6) is 1.32. The van der Waals surface area contributed by atoms with Gasteiger partial charge in [-0.25, -0.2) is 4.39 Å². The van der Waals surface area contributed by atoms with Gasteiger partial charge in [-0.05, 0) is 36.9 Å². The van der Waals surface area contributed by atoms with Crippen molar-refractivity contribution in [2.45, 2.75) is 13.1 Å². The molecule has 2 heterocycles. The summed E-state index contributed by atoms with van der Waals surface area (Å²) in [6.45, 7) is 2.85. The molecule has 8 heteroatoms. The lowest BCUT2D eigenvalue weighted by Crippen LogP contribution is -2.40. The van der Waals surface area contributed by atoms with Gasteiger partial charge in [0.05, 0.1) is 6.54 Å². The molecule has 0 saturated carbocycles. The summed E-state index contributed by atoms with van der Waals surface area (Å²) in [6, 6.07) is 12.4. The number of rotatable bonds is 7. The van der Waals surface area contributed by atoms with Gasteiger partial charge in [0, 0.05) is 32.9 Å². The number of likely N-dealkylation sites (N-methyl/N-ethyl adjacent to an activating group) is 1. The van der Waals surface area contributed by atoms with Crippen LogP contribution >= 0.6 is 0 Å². The van der Waals surface area contributed by atoms with Gasteiger partial charge in [0.25, 0.3) is 0 Å². The lowest BCUT2D eigenvalue weighted by molar-refractivity contribution is 0.331. The maximum Gasteiger partial charge on any atom is 0.191 e. The zero-order chi connectivity index (χ0) is 19.1. The molecule has 0 fully saturated rings. The smallest absolute Gasteiger partial charge is 0.191 e. The largest absolute Gasteiger partial charge is 0.355 e. The summed E-state index contributed by atoms with van der Waals surface area (Å²) in [4.78, 5) is 6.40. The second-order valence-electron chi connectivity index (χ2n) is 6.26. The number of nitrogens with one attached hydrogen (secondary N) is 2. The minimum absolute atomic E-state index is 0.210. The van der Waals surface area contributed by atoms with E-state index in [1.165, 1.54) is 12.1 Å². The summed E-state index contributed by atoms with van der Waals surface area (Å²) in [5, 5.41) is 14.9. The van der Waals surface area contributed by atoms with E-state index in [-0.39, 0.29) is 5.82 Å². The van der Waals surface area contributed by atoms with Crippen LogP contribution in [0.5, 0.6) is 0 Å². The Morgan fingerprint density at radius 1 is 1.15 bits per heavy atom. The number of benzene rings is 1. The first-order valence-electron chi connectivity index (χ1n) is 8.82. The Balaban J connectivity index is 1.43. The van der Waals surface area contributed by atoms with E-state index < -0.39 is 0 Å². The number of halogens is 1. The summed E-state index contributed by atoms with van der Waals surface area (Å²) >= 11 is 0. The van der Waals surface area contributed by atoms with Crippen LogP contribution in [-0.4, -0.2) is 52.6 Å². The molecule has 2 N–H and O–H groups in total. The van der Waals surface area contributed by atoms with Gasteiger partial charge in [-0.15, -0.1) is 10.2 Å². The van der Waals surface area contributed by atoms with Crippen molar-refractivity contribution in [2.75, 3.05) is 27.2 Å². The third-order valence-electron chi connectivity index (χ3n) is 4.17. The highest BCUT2D eigenvalue weighted by molar-refractivity contribution is 5.79. The molecular formula is C19H24FN7. The molecule has 7 nitrogen and oxygen atoms in total. The third kappa shape index (κ3) is 5.24. The van der Waals surface area contributed by atoms with E-state index in [9.17, 15) is 4.39 Å². The molecule has 3 aromatic rings. The van der Waals surface area contributed by atoms with Gasteiger partial charge in [0.15, 0.2) is 17.4 Å². The van der Waals surface area contributed by atoms with E-state index in [4.69, 9.17) is 0 Å². The topological polar surface area (TPSA) is 69.8 Å². The van der Waals surface area contributed by atoms with Gasteiger partial charge in [0.2, 0.25) is 0 Å². The van der Waals surface area contributed by atoms with Crippen molar-refractivity contribution in [1.29, 1.82) is 0 Å². The molecule has 0 radical (unpaired) electrons. The number of hydrogen-bond donors (Lipinski definition) is 2. The molecule has 0 aliphatic heterocycles. The van der Waals surface area contributed by atoms with Gasteiger partial charge in [0.1, 0.15) is 5.82 Å². The van der Waals surface area contributed by atoms with Crippen LogP contribution in [-0.2, 0) is 13.1 Å². The zero-order valence-corrected chi connectivity index (χ0v) is 15.6. The maximum atomic E-state index is 13.0. The molecule has 142 valence electrons. The molecule has 0 unspecified atom stereocenters. The van der Waals surface area contributed by atoms with Crippen molar-refractivity contribution >= 4 is 11.6 Å². The Hall–Kier alpha value is -3.00. The van der Waals surface area contributed by atoms with Gasteiger partial charge in [-0.3, -0.25) is 9.39 Å². The summed E-state index contributed by atoms with van der Waals surface area (Å²) < 4.78 is 14.9. The van der Waals surface area contributed by atoms with Crippen molar-refractivity contribution in [3.8, 4) is 0 Å². The normalized spacial score (nSPS) is 11.9. The van der Waals surface area contributed by atoms with Crippen molar-refractivity contribution in [3.05, 3.63) is 65.9 Å². The molecule has 2 aromatic heterocycles. The number of nitrogens with zero attached hydrogens (tertiary/aromatic N) is 5. The van der Waals surface area contributed by atoms with Crippen molar-refractivity contribution in [2.24, 2.45) is 4.99 Å². The average Bonchev–Trinajstić information content (AvgIpc) is 3.09. The quantitative estimate of drug-likeness (QED) is 0.490. The van der Waals surface area contributed by atoms with E-state index >= 15 is 0 Å². The fraction of sp³-hybridized carbons (Fsp3) is 0.316. The first-order chi connectivity index (χ1) is 13.2. The van der Waals surface area contributed by atoms with Crippen LogP contribution < -0.4 is 10.6 Å². The van der Waals surface area contributed by atoms with Crippen LogP contribution in [0, 0.1) is 5.82 Å². The second-order valence-corrected chi connectivity index (χ2v) is 6.26. The molecular weight excluding hydrogens is 345 g/mol. The maximum absolute atomic E-state index is 13.0. The Morgan fingerprint density at radius 2 is 1.96 bits per heavy atom. The molecule has 0 atom stereocenters. The molecule has 27 heavy (non-hydrogen) atoms. The Morgan fingerprint density at radius 3 is 2.74 bits per heavy atom. The van der Waals surface area contributed by atoms with Crippen LogP contribution in [0.15, 0.2) is 53.7 Å². The lowest BCUT2D eigenvalue weighted by atomic mass is 10.2. The number of hydrogen-bond acceptors (Lipinski definition) is 4. The predicted octanol–water partition coefficient (Wildman–Crippen LogP) is 1.67. The third-order valence-corrected chi connectivity index (χ3v) is 4.17. The van der Waals surface area contributed by atoms with Gasteiger partial charge < -0.3 is 15.5 Å². The minimum Gasteiger partial charge on any atom is -0.355 e. The van der Waals surface area contributed by atoms with E-state index in [1.807, 2.05) is 48.0 Å². The summed E-state index contributed by atoms with van der Waals surface area (Å²) in [6.07, 6.45) is 1.94. The number of fused-ring (bicyclic) bond motifs is 1. The van der Waals surface area contributed by atoms with Gasteiger partial charge in [-0.2, -0.15) is 0 Å². The van der Waals surface area contributed by atoms with E-state index in [0.717, 1.165) is 36.7 Å². The van der Waals surface area contributed by atoms with E-state index in [1.54, 1.807) is 7.05 Å². The first kappa shape index (κ1) is 18.8. The molecule has 0 spiro atoms. The monoisotopic (exact) mass is 369 g/mol. The molecule has 0 aliphatic rings. The van der Waals surface area contributed by atoms with Crippen LogP contribution in [0.1, 0.15) is 11.4 Å². The van der Waals surface area contributed by atoms with Crippen LogP contribution in [0.4, 0.5) is 4.39 Å². The standard InChI is InChI=1S/C19H24FN7/c1-21-19(23-13-18-25-24-17-5-3-4-11-27(17)18)22-10-12-26(2)14-15-6-8-16(20)9-7-15/h3-9,11H,10,12-14H2,1-2H3,(H2,21,22,23). The summed E-state index contributed by atoms with van der Waals surface area (Å²) in [7, 11) is 3.77. The number of aromatic nitrogens is 3. The van der Waals surface area contributed by atoms with Gasteiger partial charge in [-0.1, -0.05) is 18.2 Å². The molecule has 1 aromatic carbocycles. The molecule has 0 bridgehead atoms. The van der Waals surface area contributed by atoms with Crippen molar-refractivity contribution in [3.63, 3.8) is 0 Å². The van der Waals surface area contributed by atoms with Crippen LogP contribution in [0.2, 0.25) is 0 Å². The molecule has 0 saturated heterocycles. The SMILES string of the molecule is CN=C(NCCN(C)Cc1ccc(F)cc1)NCc1nnc2ccccn12. The lowest BCUT2D eigenvalue weighted by Gasteiger charge is -2.18. The highest BCUT2D eigenvalue weighted by Gasteiger charge is 2.06. The molecule has 3 rings (SSSR count). The fourth-order valence-corrected chi connectivity index (χ4v) is 2.74. The first-order valence-corrected chi connectivity index (χ1v) is 8.82. The average molecular weight is 369 g/mol. The Kier molecular flexibility index (Phi) is 6.32. The minimum atomic E-state index is -0.210. The van der Waals surface area contributed by atoms with Crippen molar-refractivity contribution < 1.29 is 4.39 Å². The number of guanidine groups is 1. The van der Waals surface area contributed by atoms with E-state index in [0.29, 0.717) is 12.5 Å². The Labute approximate surface area is 157 Å². The number of aliphatic imine (C=N–C) groups is 1.